The highest BCUT2D eigenvalue weighted by Gasteiger charge is 2.07. The normalized spacial score (nSPS) is 11.5. The van der Waals surface area contributed by atoms with Crippen LogP contribution in [0.15, 0.2) is 23.2 Å². The molecule has 0 amide bonds. The maximum atomic E-state index is 14.1. The van der Waals surface area contributed by atoms with Gasteiger partial charge in [0.15, 0.2) is 5.96 Å². The van der Waals surface area contributed by atoms with Crippen LogP contribution in [0.3, 0.4) is 0 Å². The molecule has 0 saturated heterocycles. The van der Waals surface area contributed by atoms with Gasteiger partial charge in [-0.2, -0.15) is 0 Å². The highest BCUT2D eigenvalue weighted by atomic mass is 32.1. The van der Waals surface area contributed by atoms with E-state index in [0.717, 1.165) is 22.8 Å². The van der Waals surface area contributed by atoms with Crippen LogP contribution in [-0.2, 0) is 13.1 Å². The summed E-state index contributed by atoms with van der Waals surface area (Å²) >= 11 is 1.68. The summed E-state index contributed by atoms with van der Waals surface area (Å²) in [6.45, 7) is 7.90. The van der Waals surface area contributed by atoms with Crippen molar-refractivity contribution >= 4 is 23.0 Å². The van der Waals surface area contributed by atoms with Gasteiger partial charge in [-0.3, -0.25) is 0 Å². The topological polar surface area (TPSA) is 52.6 Å². The molecule has 5 nitrogen and oxygen atoms in total. The highest BCUT2D eigenvalue weighted by molar-refractivity contribution is 7.11. The van der Waals surface area contributed by atoms with Gasteiger partial charge in [0.2, 0.25) is 0 Å². The summed E-state index contributed by atoms with van der Waals surface area (Å²) in [4.78, 5) is 11.9. The zero-order valence-corrected chi connectivity index (χ0v) is 16.3. The summed E-state index contributed by atoms with van der Waals surface area (Å²) < 4.78 is 14.1. The Morgan fingerprint density at radius 1 is 1.28 bits per heavy atom. The number of nitrogens with one attached hydrogen (secondary N) is 2. The fourth-order valence-corrected chi connectivity index (χ4v) is 3.30. The molecule has 0 spiro atoms. The third kappa shape index (κ3) is 5.42. The van der Waals surface area contributed by atoms with Crippen molar-refractivity contribution in [3.05, 3.63) is 45.2 Å². The highest BCUT2D eigenvalue weighted by Crippen LogP contribution is 2.19. The number of aliphatic imine (C=N–C) groups is 1. The maximum absolute atomic E-state index is 14.1. The van der Waals surface area contributed by atoms with Crippen molar-refractivity contribution in [2.45, 2.75) is 33.9 Å². The summed E-state index contributed by atoms with van der Waals surface area (Å²) in [5, 5.41) is 7.59. The van der Waals surface area contributed by atoms with Crippen molar-refractivity contribution in [1.82, 2.24) is 15.6 Å². The first kappa shape index (κ1) is 19.2. The van der Waals surface area contributed by atoms with Crippen molar-refractivity contribution in [3.8, 4) is 0 Å². The molecule has 0 saturated carbocycles. The van der Waals surface area contributed by atoms with Crippen LogP contribution in [0.1, 0.15) is 28.1 Å². The number of rotatable bonds is 6. The molecule has 2 rings (SSSR count). The van der Waals surface area contributed by atoms with E-state index in [1.165, 1.54) is 4.88 Å². The lowest BCUT2D eigenvalue weighted by atomic mass is 10.2. The molecule has 0 aliphatic carbocycles. The zero-order valence-electron chi connectivity index (χ0n) is 15.5. The molecule has 1 aromatic carbocycles. The van der Waals surface area contributed by atoms with Crippen LogP contribution < -0.4 is 15.5 Å². The van der Waals surface area contributed by atoms with E-state index in [1.807, 2.05) is 40.9 Å². The molecule has 25 heavy (non-hydrogen) atoms. The second-order valence-corrected chi connectivity index (χ2v) is 7.26. The SMILES string of the molecule is CCNC(=NCc1ccc(N(C)C)c(F)c1)NCc1sc(C)nc1C. The Balaban J connectivity index is 2.04. The van der Waals surface area contributed by atoms with Gasteiger partial charge in [0, 0.05) is 25.5 Å². The van der Waals surface area contributed by atoms with Crippen molar-refractivity contribution in [2.75, 3.05) is 25.5 Å². The predicted octanol–water partition coefficient (Wildman–Crippen LogP) is 3.22. The van der Waals surface area contributed by atoms with Gasteiger partial charge < -0.3 is 15.5 Å². The van der Waals surface area contributed by atoms with Crippen LogP contribution in [0, 0.1) is 19.7 Å². The van der Waals surface area contributed by atoms with Gasteiger partial charge >= 0.3 is 0 Å². The summed E-state index contributed by atoms with van der Waals surface area (Å²) in [6, 6.07) is 5.23. The van der Waals surface area contributed by atoms with Gasteiger partial charge in [-0.1, -0.05) is 6.07 Å². The molecule has 0 atom stereocenters. The lowest BCUT2D eigenvalue weighted by Crippen LogP contribution is -2.36. The Labute approximate surface area is 153 Å². The van der Waals surface area contributed by atoms with E-state index in [0.29, 0.717) is 24.7 Å². The number of aryl methyl sites for hydroxylation is 2. The molecule has 1 aromatic heterocycles. The summed E-state index contributed by atoms with van der Waals surface area (Å²) in [6.07, 6.45) is 0. The summed E-state index contributed by atoms with van der Waals surface area (Å²) in [7, 11) is 3.65. The lowest BCUT2D eigenvalue weighted by molar-refractivity contribution is 0.624. The third-order valence-electron chi connectivity index (χ3n) is 3.67. The number of hydrogen-bond acceptors (Lipinski definition) is 4. The number of thiazole rings is 1. The molecule has 2 N–H and O–H groups in total. The van der Waals surface area contributed by atoms with Gasteiger partial charge in [-0.05, 0) is 38.5 Å². The van der Waals surface area contributed by atoms with E-state index in [1.54, 1.807) is 28.4 Å². The Bertz CT molecular complexity index is 739. The molecule has 0 radical (unpaired) electrons. The van der Waals surface area contributed by atoms with Gasteiger partial charge in [-0.15, -0.1) is 11.3 Å². The molecule has 7 heteroatoms. The third-order valence-corrected chi connectivity index (χ3v) is 4.75. The van der Waals surface area contributed by atoms with E-state index in [-0.39, 0.29) is 5.82 Å². The minimum Gasteiger partial charge on any atom is -0.375 e. The first-order valence-electron chi connectivity index (χ1n) is 8.31. The first-order valence-corrected chi connectivity index (χ1v) is 9.13. The van der Waals surface area contributed by atoms with Crippen molar-refractivity contribution in [2.24, 2.45) is 4.99 Å². The Kier molecular flexibility index (Phi) is 6.75. The van der Waals surface area contributed by atoms with Crippen molar-refractivity contribution in [1.29, 1.82) is 0 Å². The lowest BCUT2D eigenvalue weighted by Gasteiger charge is -2.14. The first-order chi connectivity index (χ1) is 11.9. The predicted molar refractivity (Wildman–Crippen MR) is 104 cm³/mol. The average Bonchev–Trinajstić information content (AvgIpc) is 2.87. The van der Waals surface area contributed by atoms with Crippen LogP contribution in [0.2, 0.25) is 0 Å². The number of hydrogen-bond donors (Lipinski definition) is 2. The fraction of sp³-hybridized carbons (Fsp3) is 0.444. The smallest absolute Gasteiger partial charge is 0.191 e. The van der Waals surface area contributed by atoms with Gasteiger partial charge in [0.1, 0.15) is 5.82 Å². The van der Waals surface area contributed by atoms with E-state index >= 15 is 0 Å². The van der Waals surface area contributed by atoms with Crippen molar-refractivity contribution in [3.63, 3.8) is 0 Å². The fourth-order valence-electron chi connectivity index (χ4n) is 2.43. The number of halogens is 1. The number of aromatic nitrogens is 1. The Hall–Kier alpha value is -2.15. The average molecular weight is 364 g/mol. The van der Waals surface area contributed by atoms with Crippen LogP contribution in [0.25, 0.3) is 0 Å². The molecule has 0 bridgehead atoms. The second-order valence-electron chi connectivity index (χ2n) is 5.97. The minimum absolute atomic E-state index is 0.230. The molecule has 136 valence electrons. The molecular weight excluding hydrogens is 337 g/mol. The molecule has 0 aliphatic rings. The zero-order chi connectivity index (χ0) is 18.4. The van der Waals surface area contributed by atoms with Crippen LogP contribution in [-0.4, -0.2) is 31.6 Å². The maximum Gasteiger partial charge on any atom is 0.191 e. The van der Waals surface area contributed by atoms with E-state index in [9.17, 15) is 4.39 Å². The molecule has 0 fully saturated rings. The molecule has 1 heterocycles. The monoisotopic (exact) mass is 363 g/mol. The standard InChI is InChI=1S/C18H26FN5S/c1-6-20-18(22-11-17-12(2)23-13(3)25-17)21-10-14-7-8-16(24(4)5)15(19)9-14/h7-9H,6,10-11H2,1-5H3,(H2,20,21,22). The van der Waals surface area contributed by atoms with Gasteiger partial charge in [0.25, 0.3) is 0 Å². The second kappa shape index (κ2) is 8.80. The number of anilines is 1. The Morgan fingerprint density at radius 2 is 2.04 bits per heavy atom. The van der Waals surface area contributed by atoms with E-state index in [2.05, 4.69) is 20.6 Å². The minimum atomic E-state index is -0.230. The molecule has 0 aliphatic heterocycles. The quantitative estimate of drug-likeness (QED) is 0.611. The molecule has 2 aromatic rings. The number of benzene rings is 1. The van der Waals surface area contributed by atoms with E-state index < -0.39 is 0 Å². The Morgan fingerprint density at radius 3 is 2.60 bits per heavy atom. The largest absolute Gasteiger partial charge is 0.375 e. The number of nitrogens with zero attached hydrogens (tertiary/aromatic N) is 3. The molecule has 0 unspecified atom stereocenters. The van der Waals surface area contributed by atoms with Crippen molar-refractivity contribution < 1.29 is 4.39 Å². The summed E-state index contributed by atoms with van der Waals surface area (Å²) in [5.41, 5.74) is 2.46. The van der Waals surface area contributed by atoms with Crippen LogP contribution in [0.4, 0.5) is 10.1 Å². The van der Waals surface area contributed by atoms with Gasteiger partial charge in [-0.25, -0.2) is 14.4 Å². The number of guanidine groups is 1. The van der Waals surface area contributed by atoms with E-state index in [4.69, 9.17) is 0 Å². The summed E-state index contributed by atoms with van der Waals surface area (Å²) in [5.74, 6) is 0.483. The molecular formula is C18H26FN5S. The van der Waals surface area contributed by atoms with Crippen LogP contribution >= 0.6 is 11.3 Å². The van der Waals surface area contributed by atoms with Crippen LogP contribution in [0.5, 0.6) is 0 Å². The van der Waals surface area contributed by atoms with Gasteiger partial charge in [0.05, 0.1) is 29.5 Å².